The zero-order valence-corrected chi connectivity index (χ0v) is 10.2. The Kier molecular flexibility index (Phi) is 2.13. The van der Waals surface area contributed by atoms with Gasteiger partial charge in [-0.3, -0.25) is 5.10 Å². The monoisotopic (exact) mass is 231 g/mol. The highest BCUT2D eigenvalue weighted by Gasteiger charge is 2.49. The zero-order chi connectivity index (χ0) is 11.4. The van der Waals surface area contributed by atoms with Crippen LogP contribution in [0.5, 0.6) is 0 Å². The third-order valence-corrected chi connectivity index (χ3v) is 5.54. The molecule has 4 aliphatic carbocycles. The van der Waals surface area contributed by atoms with Gasteiger partial charge < -0.3 is 5.73 Å². The van der Waals surface area contributed by atoms with E-state index in [-0.39, 0.29) is 0 Å². The van der Waals surface area contributed by atoms with Gasteiger partial charge in [0, 0.05) is 6.54 Å². The number of hydrogen-bond donors (Lipinski definition) is 2. The fourth-order valence-corrected chi connectivity index (χ4v) is 5.21. The van der Waals surface area contributed by atoms with E-state index in [0.29, 0.717) is 6.54 Å². The van der Waals surface area contributed by atoms with Gasteiger partial charge in [-0.25, -0.2) is 0 Å². The Bertz CT molecular complexity index is 395. The van der Waals surface area contributed by atoms with Gasteiger partial charge >= 0.3 is 0 Å². The molecule has 4 aliphatic rings. The second-order valence-corrected chi connectivity index (χ2v) is 6.46. The van der Waals surface area contributed by atoms with Crippen LogP contribution in [0, 0.1) is 23.7 Å². The highest BCUT2D eigenvalue weighted by molar-refractivity contribution is 5.25. The summed E-state index contributed by atoms with van der Waals surface area (Å²) in [5.41, 5.74) is 8.45. The molecule has 17 heavy (non-hydrogen) atoms. The van der Waals surface area contributed by atoms with Crippen molar-refractivity contribution in [3.8, 4) is 0 Å². The molecule has 0 aliphatic heterocycles. The molecule has 1 aromatic heterocycles. The lowest BCUT2D eigenvalue weighted by molar-refractivity contribution is -0.00304. The summed E-state index contributed by atoms with van der Waals surface area (Å²) in [6, 6.07) is 0. The van der Waals surface area contributed by atoms with Crippen molar-refractivity contribution < 1.29 is 0 Å². The summed E-state index contributed by atoms with van der Waals surface area (Å²) in [6.07, 6.45) is 9.43. The van der Waals surface area contributed by atoms with Gasteiger partial charge in [0.25, 0.3) is 0 Å². The molecular weight excluding hydrogens is 210 g/mol. The van der Waals surface area contributed by atoms with Crippen molar-refractivity contribution in [1.82, 2.24) is 10.2 Å². The van der Waals surface area contributed by atoms with Gasteiger partial charge in [-0.15, -0.1) is 0 Å². The van der Waals surface area contributed by atoms with Crippen molar-refractivity contribution in [2.24, 2.45) is 29.4 Å². The Hall–Kier alpha value is -0.830. The van der Waals surface area contributed by atoms with Crippen LogP contribution < -0.4 is 5.73 Å². The average molecular weight is 231 g/mol. The van der Waals surface area contributed by atoms with E-state index in [1.165, 1.54) is 43.4 Å². The summed E-state index contributed by atoms with van der Waals surface area (Å²) in [5, 5.41) is 7.31. The van der Waals surface area contributed by atoms with E-state index < -0.39 is 0 Å². The Labute approximate surface area is 102 Å². The molecule has 1 heterocycles. The van der Waals surface area contributed by atoms with Crippen LogP contribution in [0.1, 0.15) is 49.3 Å². The van der Waals surface area contributed by atoms with Gasteiger partial charge in [-0.05, 0) is 67.3 Å². The molecule has 1 aromatic rings. The maximum atomic E-state index is 5.82. The van der Waals surface area contributed by atoms with E-state index in [1.54, 1.807) is 0 Å². The first-order valence-corrected chi connectivity index (χ1v) is 7.07. The topological polar surface area (TPSA) is 54.7 Å². The van der Waals surface area contributed by atoms with Crippen LogP contribution in [-0.2, 0) is 6.54 Å². The summed E-state index contributed by atoms with van der Waals surface area (Å²) in [6.45, 7) is 0.609. The fourth-order valence-electron chi connectivity index (χ4n) is 5.21. The number of rotatable bonds is 2. The molecule has 0 radical (unpaired) electrons. The minimum Gasteiger partial charge on any atom is -0.325 e. The predicted octanol–water partition coefficient (Wildman–Crippen LogP) is 2.41. The molecule has 4 fully saturated rings. The molecule has 3 heteroatoms. The minimum absolute atomic E-state index is 0.609. The van der Waals surface area contributed by atoms with Crippen molar-refractivity contribution >= 4 is 0 Å². The molecule has 4 saturated carbocycles. The third kappa shape index (κ3) is 1.41. The first-order valence-electron chi connectivity index (χ1n) is 7.07. The van der Waals surface area contributed by atoms with Crippen molar-refractivity contribution in [3.05, 3.63) is 17.5 Å². The smallest absolute Gasteiger partial charge is 0.0525 e. The average Bonchev–Trinajstić information content (AvgIpc) is 2.75. The highest BCUT2D eigenvalue weighted by Crippen LogP contribution is 2.59. The Morgan fingerprint density at radius 2 is 1.76 bits per heavy atom. The van der Waals surface area contributed by atoms with Gasteiger partial charge in [0.2, 0.25) is 0 Å². The van der Waals surface area contributed by atoms with Crippen LogP contribution in [0.25, 0.3) is 0 Å². The molecule has 0 aromatic carbocycles. The number of nitrogens with two attached hydrogens (primary N) is 1. The zero-order valence-electron chi connectivity index (χ0n) is 10.2. The molecular formula is C14H21N3. The van der Waals surface area contributed by atoms with Crippen molar-refractivity contribution in [1.29, 1.82) is 0 Å². The Morgan fingerprint density at radius 3 is 2.35 bits per heavy atom. The summed E-state index contributed by atoms with van der Waals surface area (Å²) in [5.74, 6) is 4.70. The fraction of sp³-hybridized carbons (Fsp3) is 0.786. The maximum Gasteiger partial charge on any atom is 0.0525 e. The lowest BCUT2D eigenvalue weighted by Crippen LogP contribution is -2.44. The van der Waals surface area contributed by atoms with Crippen molar-refractivity contribution in [2.75, 3.05) is 0 Å². The molecule has 5 rings (SSSR count). The molecule has 4 bridgehead atoms. The highest BCUT2D eigenvalue weighted by atomic mass is 15.1. The van der Waals surface area contributed by atoms with E-state index in [1.807, 2.05) is 0 Å². The first kappa shape index (κ1) is 10.1. The quantitative estimate of drug-likeness (QED) is 0.821. The van der Waals surface area contributed by atoms with Crippen LogP contribution in [0.4, 0.5) is 0 Å². The second-order valence-electron chi connectivity index (χ2n) is 6.46. The van der Waals surface area contributed by atoms with Gasteiger partial charge in [0.15, 0.2) is 0 Å². The van der Waals surface area contributed by atoms with Crippen LogP contribution in [-0.4, -0.2) is 10.2 Å². The number of hydrogen-bond acceptors (Lipinski definition) is 2. The number of nitrogens with zero attached hydrogens (tertiary/aromatic N) is 1. The number of H-pyrrole nitrogens is 1. The number of aromatic amines is 1. The Balaban J connectivity index is 1.70. The lowest BCUT2D eigenvalue weighted by Gasteiger charge is -2.54. The molecule has 3 N–H and O–H groups in total. The van der Waals surface area contributed by atoms with Crippen molar-refractivity contribution in [3.63, 3.8) is 0 Å². The molecule has 0 atom stereocenters. The predicted molar refractivity (Wildman–Crippen MR) is 66.3 cm³/mol. The molecule has 0 saturated heterocycles. The number of aromatic nitrogens is 2. The van der Waals surface area contributed by atoms with Gasteiger partial charge in [-0.1, -0.05) is 0 Å². The van der Waals surface area contributed by atoms with Crippen LogP contribution in [0.3, 0.4) is 0 Å². The van der Waals surface area contributed by atoms with Gasteiger partial charge in [0.05, 0.1) is 11.9 Å². The number of nitrogens with one attached hydrogen (secondary N) is 1. The molecule has 0 spiro atoms. The van der Waals surface area contributed by atoms with E-state index in [0.717, 1.165) is 29.6 Å². The van der Waals surface area contributed by atoms with Gasteiger partial charge in [-0.2, -0.15) is 5.10 Å². The maximum absolute atomic E-state index is 5.82. The molecule has 3 nitrogen and oxygen atoms in total. The van der Waals surface area contributed by atoms with Crippen LogP contribution in [0.15, 0.2) is 6.20 Å². The van der Waals surface area contributed by atoms with Crippen LogP contribution in [0.2, 0.25) is 0 Å². The molecule has 0 amide bonds. The van der Waals surface area contributed by atoms with E-state index >= 15 is 0 Å². The molecule has 0 unspecified atom stereocenters. The largest absolute Gasteiger partial charge is 0.325 e. The SMILES string of the molecule is NCc1[nH]ncc1C1C2CC3CC(C2)CC1C3. The molecule has 92 valence electrons. The standard InChI is InChI=1S/C14H21N3/c15-6-13-12(7-16-17-13)14-10-2-8-1-9(4-10)5-11(14)3-8/h7-11,14H,1-6,15H2,(H,16,17). The summed E-state index contributed by atoms with van der Waals surface area (Å²) < 4.78 is 0. The first-order chi connectivity index (χ1) is 8.35. The Morgan fingerprint density at radius 1 is 1.12 bits per heavy atom. The third-order valence-electron chi connectivity index (χ3n) is 5.54. The lowest BCUT2D eigenvalue weighted by atomic mass is 9.51. The van der Waals surface area contributed by atoms with Gasteiger partial charge in [0.1, 0.15) is 0 Å². The summed E-state index contributed by atoms with van der Waals surface area (Å²) in [4.78, 5) is 0. The minimum atomic E-state index is 0.609. The second kappa shape index (κ2) is 3.58. The summed E-state index contributed by atoms with van der Waals surface area (Å²) in [7, 11) is 0. The van der Waals surface area contributed by atoms with E-state index in [2.05, 4.69) is 16.4 Å². The summed E-state index contributed by atoms with van der Waals surface area (Å²) >= 11 is 0. The van der Waals surface area contributed by atoms with Crippen molar-refractivity contribution in [2.45, 2.75) is 44.6 Å². The van der Waals surface area contributed by atoms with E-state index in [4.69, 9.17) is 5.73 Å². The van der Waals surface area contributed by atoms with E-state index in [9.17, 15) is 0 Å². The normalized spacial score (nSPS) is 43.2. The van der Waals surface area contributed by atoms with Crippen LogP contribution >= 0.6 is 0 Å².